The van der Waals surface area contributed by atoms with Crippen LogP contribution in [-0.2, 0) is 7.05 Å². The summed E-state index contributed by atoms with van der Waals surface area (Å²) >= 11 is 0. The summed E-state index contributed by atoms with van der Waals surface area (Å²) in [7, 11) is 1.98. The molecular formula is C29H29LiN6O2-2. The molecule has 0 atom stereocenters. The number of fused-ring (bicyclic) bond motifs is 4. The molecule has 1 N–H and O–H groups in total. The van der Waals surface area contributed by atoms with Crippen molar-refractivity contribution >= 4 is 39.1 Å². The number of hydrogen-bond acceptors (Lipinski definition) is 7. The molecule has 38 heavy (non-hydrogen) atoms. The first-order chi connectivity index (χ1) is 17.6. The molecule has 190 valence electrons. The Morgan fingerprint density at radius 2 is 1.95 bits per heavy atom. The second-order valence-electron chi connectivity index (χ2n) is 8.79. The monoisotopic (exact) mass is 500 g/mol. The fourth-order valence-electron chi connectivity index (χ4n) is 4.55. The molecule has 1 aliphatic heterocycles. The summed E-state index contributed by atoms with van der Waals surface area (Å²) in [5, 5.41) is 4.32. The minimum Gasteiger partial charge on any atom is -0.522 e. The summed E-state index contributed by atoms with van der Waals surface area (Å²) in [4.78, 5) is 15.6. The van der Waals surface area contributed by atoms with E-state index in [0.29, 0.717) is 19.0 Å². The van der Waals surface area contributed by atoms with Crippen LogP contribution < -0.4 is 38.6 Å². The molecule has 9 heteroatoms. The average molecular weight is 501 g/mol. The van der Waals surface area contributed by atoms with Crippen molar-refractivity contribution in [3.05, 3.63) is 87.5 Å². The standard InChI is InChI=1S/C28H26N6O2.CH3.Li/c1-4-34-12-5-13-35-27-24(34)10-8-21-26(27)28(30-16-29-21)32-19-6-11-25(18(2)14-19)36-20-7-9-23-22(15-20)31-17-33(23)3;;/h5-11,14-17H,1,4,12-13H2,2-3H3,(H,29,30,32);1H3;/q-2;-1;+1. The van der Waals surface area contributed by atoms with Gasteiger partial charge in [0.15, 0.2) is 5.75 Å². The van der Waals surface area contributed by atoms with E-state index in [1.165, 1.54) is 0 Å². The molecule has 0 fully saturated rings. The van der Waals surface area contributed by atoms with Crippen LogP contribution in [0, 0.1) is 27.7 Å². The Balaban J connectivity index is 0.00000168. The third-order valence-corrected chi connectivity index (χ3v) is 6.40. The van der Waals surface area contributed by atoms with Crippen molar-refractivity contribution in [2.75, 3.05) is 29.9 Å². The largest absolute Gasteiger partial charge is 1.00 e. The van der Waals surface area contributed by atoms with E-state index >= 15 is 0 Å². The van der Waals surface area contributed by atoms with E-state index in [1.54, 1.807) is 12.7 Å². The molecule has 5 aromatic rings. The van der Waals surface area contributed by atoms with Crippen molar-refractivity contribution in [1.82, 2.24) is 19.5 Å². The quantitative estimate of drug-likeness (QED) is 0.294. The molecule has 0 saturated heterocycles. The van der Waals surface area contributed by atoms with E-state index in [1.807, 2.05) is 67.1 Å². The van der Waals surface area contributed by atoms with Gasteiger partial charge in [-0.3, -0.25) is 6.42 Å². The van der Waals surface area contributed by atoms with Gasteiger partial charge >= 0.3 is 18.9 Å². The Morgan fingerprint density at radius 3 is 2.76 bits per heavy atom. The molecule has 1 aliphatic rings. The number of anilines is 3. The first-order valence-corrected chi connectivity index (χ1v) is 11.8. The number of ether oxygens (including phenoxy) is 2. The van der Waals surface area contributed by atoms with Gasteiger partial charge in [-0.2, -0.15) is 0 Å². The van der Waals surface area contributed by atoms with Crippen LogP contribution in [0.3, 0.4) is 0 Å². The third-order valence-electron chi connectivity index (χ3n) is 6.40. The van der Waals surface area contributed by atoms with Gasteiger partial charge in [0.1, 0.15) is 23.6 Å². The second-order valence-corrected chi connectivity index (χ2v) is 8.79. The molecule has 0 radical (unpaired) electrons. The molecule has 8 nitrogen and oxygen atoms in total. The van der Waals surface area contributed by atoms with Crippen LogP contribution in [0.4, 0.5) is 17.2 Å². The van der Waals surface area contributed by atoms with E-state index < -0.39 is 0 Å². The van der Waals surface area contributed by atoms with Gasteiger partial charge in [-0.05, 0) is 61.6 Å². The van der Waals surface area contributed by atoms with Gasteiger partial charge in [-0.1, -0.05) is 0 Å². The molecular weight excluding hydrogens is 471 g/mol. The molecule has 0 amide bonds. The Hall–Kier alpha value is -3.73. The Kier molecular flexibility index (Phi) is 8.15. The van der Waals surface area contributed by atoms with E-state index in [4.69, 9.17) is 9.47 Å². The molecule has 2 aromatic heterocycles. The number of benzene rings is 3. The van der Waals surface area contributed by atoms with Crippen LogP contribution in [0.15, 0.2) is 61.2 Å². The van der Waals surface area contributed by atoms with E-state index in [0.717, 1.165) is 62.7 Å². The van der Waals surface area contributed by atoms with Gasteiger partial charge in [0, 0.05) is 18.8 Å². The maximum Gasteiger partial charge on any atom is 1.00 e. The maximum absolute atomic E-state index is 6.18. The molecule has 0 aliphatic carbocycles. The normalized spacial score (nSPS) is 12.7. The van der Waals surface area contributed by atoms with Gasteiger partial charge in [0.2, 0.25) is 0 Å². The number of nitrogens with zero attached hydrogens (tertiary/aromatic N) is 5. The van der Waals surface area contributed by atoms with Gasteiger partial charge < -0.3 is 38.6 Å². The smallest absolute Gasteiger partial charge is 0.522 e. The number of rotatable bonds is 5. The first kappa shape index (κ1) is 27.3. The summed E-state index contributed by atoms with van der Waals surface area (Å²) in [6.45, 7) is 8.04. The molecule has 3 heterocycles. The molecule has 0 spiro atoms. The van der Waals surface area contributed by atoms with Crippen LogP contribution in [0.2, 0.25) is 0 Å². The molecule has 3 aromatic carbocycles. The predicted molar refractivity (Wildman–Crippen MR) is 149 cm³/mol. The Labute approximate surface area is 235 Å². The minimum absolute atomic E-state index is 0. The summed E-state index contributed by atoms with van der Waals surface area (Å²) in [6.07, 6.45) is 5.47. The average Bonchev–Trinajstić information content (AvgIpc) is 3.12. The van der Waals surface area contributed by atoms with Gasteiger partial charge in [0.25, 0.3) is 0 Å². The third kappa shape index (κ3) is 5.02. The molecule has 0 bridgehead atoms. The molecule has 0 saturated carbocycles. The number of nitrogens with one attached hydrogen (secondary N) is 1. The summed E-state index contributed by atoms with van der Waals surface area (Å²) in [5.74, 6) is 2.99. The number of aryl methyl sites for hydroxylation is 2. The number of imidazole rings is 1. The van der Waals surface area contributed by atoms with Crippen molar-refractivity contribution < 1.29 is 28.3 Å². The predicted octanol–water partition coefficient (Wildman–Crippen LogP) is 3.05. The van der Waals surface area contributed by atoms with Crippen LogP contribution in [0.1, 0.15) is 5.56 Å². The summed E-state index contributed by atoms with van der Waals surface area (Å²) in [5.41, 5.74) is 5.67. The number of aromatic nitrogens is 4. The van der Waals surface area contributed by atoms with Crippen LogP contribution in [0.5, 0.6) is 17.2 Å². The summed E-state index contributed by atoms with van der Waals surface area (Å²) < 4.78 is 14.3. The van der Waals surface area contributed by atoms with Crippen molar-refractivity contribution in [2.45, 2.75) is 6.92 Å². The second kappa shape index (κ2) is 11.3. The Morgan fingerprint density at radius 1 is 1.08 bits per heavy atom. The fourth-order valence-corrected chi connectivity index (χ4v) is 4.55. The van der Waals surface area contributed by atoms with Crippen molar-refractivity contribution in [3.63, 3.8) is 0 Å². The topological polar surface area (TPSA) is 77.3 Å². The number of hydrogen-bond donors (Lipinski definition) is 1. The molecule has 0 unspecified atom stereocenters. The van der Waals surface area contributed by atoms with Crippen molar-refractivity contribution in [1.29, 1.82) is 0 Å². The van der Waals surface area contributed by atoms with E-state index in [2.05, 4.69) is 38.5 Å². The SMILES string of the molecule is [CH2-]CN1C[CH-]COc2c1ccc1ncnc(Nc3ccc(Oc4ccc5c(c4)ncn5C)c(C)c3)c21.[CH3-].[Li+]. The zero-order chi connectivity index (χ0) is 24.6. The van der Waals surface area contributed by atoms with E-state index in [-0.39, 0.29) is 26.3 Å². The van der Waals surface area contributed by atoms with Crippen molar-refractivity contribution in [2.24, 2.45) is 7.05 Å². The van der Waals surface area contributed by atoms with Crippen LogP contribution in [-0.4, -0.2) is 39.2 Å². The zero-order valence-electron chi connectivity index (χ0n) is 22.2. The van der Waals surface area contributed by atoms with Crippen LogP contribution in [0.25, 0.3) is 21.9 Å². The van der Waals surface area contributed by atoms with Gasteiger partial charge in [-0.15, -0.1) is 13.1 Å². The fraction of sp³-hybridized carbons (Fsp3) is 0.172. The first-order valence-electron chi connectivity index (χ1n) is 11.8. The minimum atomic E-state index is 0. The Bertz CT molecular complexity index is 1590. The van der Waals surface area contributed by atoms with Crippen LogP contribution >= 0.6 is 0 Å². The summed E-state index contributed by atoms with van der Waals surface area (Å²) in [6, 6.07) is 15.9. The van der Waals surface area contributed by atoms with E-state index in [9.17, 15) is 0 Å². The molecule has 6 rings (SSSR count). The van der Waals surface area contributed by atoms with Crippen molar-refractivity contribution in [3.8, 4) is 17.2 Å². The zero-order valence-corrected chi connectivity index (χ0v) is 22.2. The van der Waals surface area contributed by atoms with Gasteiger partial charge in [0.05, 0.1) is 34.0 Å². The van der Waals surface area contributed by atoms with Gasteiger partial charge in [-0.25, -0.2) is 15.0 Å². The maximum atomic E-state index is 6.18.